The van der Waals surface area contributed by atoms with Gasteiger partial charge in [0.1, 0.15) is 0 Å². The van der Waals surface area contributed by atoms with E-state index in [1.54, 1.807) is 18.4 Å². The summed E-state index contributed by atoms with van der Waals surface area (Å²) in [6.45, 7) is 6.72. The van der Waals surface area contributed by atoms with E-state index in [4.69, 9.17) is 4.74 Å². The van der Waals surface area contributed by atoms with Gasteiger partial charge in [0.15, 0.2) is 5.96 Å². The van der Waals surface area contributed by atoms with E-state index in [1.807, 2.05) is 32.0 Å². The van der Waals surface area contributed by atoms with E-state index in [9.17, 15) is 0 Å². The van der Waals surface area contributed by atoms with Crippen LogP contribution in [0.15, 0.2) is 59.6 Å². The maximum absolute atomic E-state index is 5.85. The summed E-state index contributed by atoms with van der Waals surface area (Å²) in [5.41, 5.74) is 4.63. The summed E-state index contributed by atoms with van der Waals surface area (Å²) in [5, 5.41) is 7.83. The van der Waals surface area contributed by atoms with Crippen LogP contribution in [0.4, 0.5) is 0 Å². The molecule has 0 radical (unpaired) electrons. The molecule has 0 saturated heterocycles. The van der Waals surface area contributed by atoms with E-state index in [0.29, 0.717) is 19.8 Å². The van der Waals surface area contributed by atoms with Crippen molar-refractivity contribution in [3.63, 3.8) is 0 Å². The molecule has 1 aromatic heterocycles. The largest absolute Gasteiger partial charge is 0.372 e. The first-order chi connectivity index (χ1) is 14.1. The molecular weight excluding hydrogens is 507 g/mol. The summed E-state index contributed by atoms with van der Waals surface area (Å²) < 4.78 is 5.85. The predicted octanol–water partition coefficient (Wildman–Crippen LogP) is 4.96. The van der Waals surface area contributed by atoms with Crippen molar-refractivity contribution >= 4 is 41.3 Å². The molecule has 160 valence electrons. The Hall–Kier alpha value is -1.97. The summed E-state index contributed by atoms with van der Waals surface area (Å²) in [6.07, 6.45) is 0. The summed E-state index contributed by atoms with van der Waals surface area (Å²) >= 11 is 1.72. The standard InChI is InChI=1S/C23H28N4OS.HI/c1-17-22(29-18(2)27-17)14-26-23(24-3)25-13-20-10-7-11-21(12-20)16-28-15-19-8-5-4-6-9-19;/h4-12H,13-16H2,1-3H3,(H2,24,25,26);1H. The number of nitrogens with zero attached hydrogens (tertiary/aromatic N) is 2. The molecule has 5 nitrogen and oxygen atoms in total. The Morgan fingerprint density at radius 3 is 2.30 bits per heavy atom. The number of ether oxygens (including phenoxy) is 1. The van der Waals surface area contributed by atoms with Crippen molar-refractivity contribution in [2.45, 2.75) is 40.2 Å². The van der Waals surface area contributed by atoms with E-state index >= 15 is 0 Å². The number of benzene rings is 2. The molecule has 0 amide bonds. The van der Waals surface area contributed by atoms with Gasteiger partial charge < -0.3 is 15.4 Å². The summed E-state index contributed by atoms with van der Waals surface area (Å²) in [5.74, 6) is 0.779. The van der Waals surface area contributed by atoms with Gasteiger partial charge >= 0.3 is 0 Å². The van der Waals surface area contributed by atoms with Crippen LogP contribution < -0.4 is 10.6 Å². The summed E-state index contributed by atoms with van der Waals surface area (Å²) in [6, 6.07) is 18.7. The Kier molecular flexibility index (Phi) is 10.3. The molecule has 1 heterocycles. The fourth-order valence-electron chi connectivity index (χ4n) is 3.00. The van der Waals surface area contributed by atoms with Crippen LogP contribution in [0.1, 0.15) is 32.3 Å². The van der Waals surface area contributed by atoms with Crippen LogP contribution in [0.2, 0.25) is 0 Å². The maximum Gasteiger partial charge on any atom is 0.191 e. The molecule has 30 heavy (non-hydrogen) atoms. The van der Waals surface area contributed by atoms with Gasteiger partial charge in [-0.05, 0) is 30.5 Å². The Bertz CT molecular complexity index is 943. The average Bonchev–Trinajstić information content (AvgIpc) is 3.06. The molecule has 0 bridgehead atoms. The minimum absolute atomic E-state index is 0. The normalized spacial score (nSPS) is 11.1. The summed E-state index contributed by atoms with van der Waals surface area (Å²) in [7, 11) is 1.79. The van der Waals surface area contributed by atoms with Crippen molar-refractivity contribution in [2.75, 3.05) is 7.05 Å². The number of aromatic nitrogens is 1. The van der Waals surface area contributed by atoms with Crippen molar-refractivity contribution < 1.29 is 4.74 Å². The molecule has 3 aromatic rings. The van der Waals surface area contributed by atoms with Crippen LogP contribution in [-0.4, -0.2) is 18.0 Å². The van der Waals surface area contributed by atoms with Crippen molar-refractivity contribution in [2.24, 2.45) is 4.99 Å². The van der Waals surface area contributed by atoms with Crippen LogP contribution in [0, 0.1) is 13.8 Å². The first kappa shape index (κ1) is 24.3. The fraction of sp³-hybridized carbons (Fsp3) is 0.304. The van der Waals surface area contributed by atoms with E-state index in [0.717, 1.165) is 23.2 Å². The van der Waals surface area contributed by atoms with Gasteiger partial charge in [-0.1, -0.05) is 54.6 Å². The van der Waals surface area contributed by atoms with Gasteiger partial charge in [0.2, 0.25) is 0 Å². The third kappa shape index (κ3) is 7.70. The molecule has 3 rings (SSSR count). The summed E-state index contributed by atoms with van der Waals surface area (Å²) in [4.78, 5) is 10.0. The van der Waals surface area contributed by atoms with Gasteiger partial charge in [0, 0.05) is 18.5 Å². The second kappa shape index (κ2) is 12.7. The molecule has 0 aliphatic rings. The van der Waals surface area contributed by atoms with E-state index in [1.165, 1.54) is 21.6 Å². The number of aliphatic imine (C=N–C) groups is 1. The minimum Gasteiger partial charge on any atom is -0.372 e. The number of halogens is 1. The number of aryl methyl sites for hydroxylation is 2. The molecule has 0 aliphatic heterocycles. The topological polar surface area (TPSA) is 58.5 Å². The quantitative estimate of drug-likeness (QED) is 0.243. The second-order valence-electron chi connectivity index (χ2n) is 6.82. The second-order valence-corrected chi connectivity index (χ2v) is 8.11. The number of thiazole rings is 1. The predicted molar refractivity (Wildman–Crippen MR) is 135 cm³/mol. The van der Waals surface area contributed by atoms with Crippen LogP contribution in [0.3, 0.4) is 0 Å². The fourth-order valence-corrected chi connectivity index (χ4v) is 3.88. The van der Waals surface area contributed by atoms with E-state index in [-0.39, 0.29) is 24.0 Å². The molecule has 0 spiro atoms. The van der Waals surface area contributed by atoms with E-state index < -0.39 is 0 Å². The number of hydrogen-bond acceptors (Lipinski definition) is 4. The van der Waals surface area contributed by atoms with Gasteiger partial charge in [-0.3, -0.25) is 4.99 Å². The Balaban J connectivity index is 0.00000320. The van der Waals surface area contributed by atoms with Gasteiger partial charge in [0.25, 0.3) is 0 Å². The lowest BCUT2D eigenvalue weighted by Gasteiger charge is -2.12. The van der Waals surface area contributed by atoms with Crippen LogP contribution in [0.5, 0.6) is 0 Å². The molecule has 7 heteroatoms. The molecule has 0 unspecified atom stereocenters. The molecule has 0 fully saturated rings. The minimum atomic E-state index is 0. The highest BCUT2D eigenvalue weighted by atomic mass is 127. The average molecular weight is 536 g/mol. The zero-order valence-corrected chi connectivity index (χ0v) is 20.8. The zero-order valence-electron chi connectivity index (χ0n) is 17.6. The van der Waals surface area contributed by atoms with Gasteiger partial charge in [0.05, 0.1) is 30.5 Å². The monoisotopic (exact) mass is 536 g/mol. The van der Waals surface area contributed by atoms with E-state index in [2.05, 4.69) is 57.0 Å². The molecule has 0 aliphatic carbocycles. The zero-order chi connectivity index (χ0) is 20.5. The molecule has 0 atom stereocenters. The maximum atomic E-state index is 5.85. The first-order valence-corrected chi connectivity index (χ1v) is 10.5. The third-order valence-electron chi connectivity index (χ3n) is 4.47. The van der Waals surface area contributed by atoms with Crippen molar-refractivity contribution in [3.05, 3.63) is 86.9 Å². The lowest BCUT2D eigenvalue weighted by molar-refractivity contribution is 0.107. The molecule has 0 saturated carbocycles. The van der Waals surface area contributed by atoms with Crippen molar-refractivity contribution in [1.29, 1.82) is 0 Å². The van der Waals surface area contributed by atoms with Crippen LogP contribution in [0.25, 0.3) is 0 Å². The number of rotatable bonds is 8. The highest BCUT2D eigenvalue weighted by molar-refractivity contribution is 14.0. The van der Waals surface area contributed by atoms with Crippen molar-refractivity contribution in [3.8, 4) is 0 Å². The lowest BCUT2D eigenvalue weighted by atomic mass is 10.1. The first-order valence-electron chi connectivity index (χ1n) is 9.71. The number of nitrogens with one attached hydrogen (secondary N) is 2. The number of hydrogen-bond donors (Lipinski definition) is 2. The highest BCUT2D eigenvalue weighted by Gasteiger charge is 2.06. The van der Waals surface area contributed by atoms with Gasteiger partial charge in [-0.2, -0.15) is 0 Å². The van der Waals surface area contributed by atoms with Gasteiger partial charge in [-0.15, -0.1) is 35.3 Å². The highest BCUT2D eigenvalue weighted by Crippen LogP contribution is 2.16. The smallest absolute Gasteiger partial charge is 0.191 e. The van der Waals surface area contributed by atoms with Crippen LogP contribution in [-0.2, 0) is 31.0 Å². The van der Waals surface area contributed by atoms with Gasteiger partial charge in [-0.25, -0.2) is 4.98 Å². The Labute approximate surface area is 200 Å². The Morgan fingerprint density at radius 2 is 1.60 bits per heavy atom. The molecular formula is C23H29IN4OS. The molecule has 2 N–H and O–H groups in total. The lowest BCUT2D eigenvalue weighted by Crippen LogP contribution is -2.36. The third-order valence-corrected chi connectivity index (χ3v) is 5.54. The SMILES string of the molecule is CN=C(NCc1cccc(COCc2ccccc2)c1)NCc1sc(C)nc1C.I. The van der Waals surface area contributed by atoms with Crippen LogP contribution >= 0.6 is 35.3 Å². The molecule has 2 aromatic carbocycles. The number of guanidine groups is 1. The van der Waals surface area contributed by atoms with Crippen molar-refractivity contribution in [1.82, 2.24) is 15.6 Å². The Morgan fingerprint density at radius 1 is 0.933 bits per heavy atom.